The second kappa shape index (κ2) is 9.13. The smallest absolute Gasteiger partial charge is 0.244 e. The van der Waals surface area contributed by atoms with E-state index >= 15 is 0 Å². The van der Waals surface area contributed by atoms with Crippen molar-refractivity contribution < 1.29 is 21.6 Å². The molecule has 0 spiro atoms. The SMILES string of the molecule is O=C(CCS(=O)(=O)c1ccc2c(c1)CCC2)Nc1ccc(Cl)c(S(=O)(=O)N2CCCC2)c1. The molecule has 0 radical (unpaired) electrons. The molecule has 2 aliphatic rings. The summed E-state index contributed by atoms with van der Waals surface area (Å²) in [4.78, 5) is 12.6. The van der Waals surface area contributed by atoms with Gasteiger partial charge in [0.2, 0.25) is 15.9 Å². The topological polar surface area (TPSA) is 101 Å². The van der Waals surface area contributed by atoms with Crippen molar-refractivity contribution in [1.82, 2.24) is 4.31 Å². The number of nitrogens with one attached hydrogen (secondary N) is 1. The van der Waals surface area contributed by atoms with E-state index in [-0.39, 0.29) is 32.7 Å². The lowest BCUT2D eigenvalue weighted by atomic mass is 10.1. The number of hydrogen-bond donors (Lipinski definition) is 1. The van der Waals surface area contributed by atoms with Crippen LogP contribution in [0.2, 0.25) is 5.02 Å². The van der Waals surface area contributed by atoms with Gasteiger partial charge in [0, 0.05) is 25.2 Å². The maximum Gasteiger partial charge on any atom is 0.244 e. The van der Waals surface area contributed by atoms with Gasteiger partial charge in [0.05, 0.1) is 15.7 Å². The van der Waals surface area contributed by atoms with Gasteiger partial charge in [-0.25, -0.2) is 16.8 Å². The first-order valence-corrected chi connectivity index (χ1v) is 14.1. The Labute approximate surface area is 193 Å². The quantitative estimate of drug-likeness (QED) is 0.633. The molecule has 0 unspecified atom stereocenters. The zero-order valence-electron chi connectivity index (χ0n) is 17.5. The molecule has 0 atom stereocenters. The Morgan fingerprint density at radius 1 is 0.938 bits per heavy atom. The number of sulfonamides is 1. The summed E-state index contributed by atoms with van der Waals surface area (Å²) in [6.45, 7) is 0.881. The molecule has 2 aromatic rings. The van der Waals surface area contributed by atoms with Gasteiger partial charge >= 0.3 is 0 Å². The minimum atomic E-state index is -3.75. The Morgan fingerprint density at radius 2 is 1.66 bits per heavy atom. The molecule has 7 nitrogen and oxygen atoms in total. The fourth-order valence-corrected chi connectivity index (χ4v) is 7.46. The molecular formula is C22H25ClN2O5S2. The molecule has 1 fully saturated rings. The van der Waals surface area contributed by atoms with Crippen LogP contribution in [0.5, 0.6) is 0 Å². The molecule has 1 saturated heterocycles. The minimum Gasteiger partial charge on any atom is -0.326 e. The number of hydrogen-bond acceptors (Lipinski definition) is 5. The summed E-state index contributed by atoms with van der Waals surface area (Å²) in [6, 6.07) is 9.41. The molecule has 32 heavy (non-hydrogen) atoms. The van der Waals surface area contributed by atoms with Crippen molar-refractivity contribution in [3.05, 3.63) is 52.5 Å². The summed E-state index contributed by atoms with van der Waals surface area (Å²) < 4.78 is 52.4. The van der Waals surface area contributed by atoms with Gasteiger partial charge in [-0.15, -0.1) is 0 Å². The van der Waals surface area contributed by atoms with E-state index in [1.165, 1.54) is 28.1 Å². The van der Waals surface area contributed by atoms with Crippen molar-refractivity contribution in [2.75, 3.05) is 24.2 Å². The molecular weight excluding hydrogens is 472 g/mol. The highest BCUT2D eigenvalue weighted by Crippen LogP contribution is 2.30. The average Bonchev–Trinajstić information content (AvgIpc) is 3.45. The van der Waals surface area contributed by atoms with Gasteiger partial charge in [-0.2, -0.15) is 4.31 Å². The van der Waals surface area contributed by atoms with Crippen LogP contribution in [-0.2, 0) is 37.5 Å². The van der Waals surface area contributed by atoms with E-state index in [2.05, 4.69) is 5.32 Å². The summed E-state index contributed by atoms with van der Waals surface area (Å²) in [5.41, 5.74) is 2.50. The molecule has 4 rings (SSSR count). The molecule has 1 aliphatic heterocycles. The number of nitrogens with zero attached hydrogens (tertiary/aromatic N) is 1. The number of benzene rings is 2. The molecule has 10 heteroatoms. The predicted octanol–water partition coefficient (Wildman–Crippen LogP) is 3.42. The number of carbonyl (C=O) groups excluding carboxylic acids is 1. The van der Waals surface area contributed by atoms with Crippen LogP contribution in [0, 0.1) is 0 Å². The van der Waals surface area contributed by atoms with Crippen LogP contribution in [0.4, 0.5) is 5.69 Å². The van der Waals surface area contributed by atoms with Crippen LogP contribution >= 0.6 is 11.6 Å². The second-order valence-electron chi connectivity index (χ2n) is 8.16. The number of amides is 1. The third kappa shape index (κ3) is 4.85. The zero-order valence-corrected chi connectivity index (χ0v) is 19.9. The number of rotatable bonds is 7. The van der Waals surface area contributed by atoms with E-state index in [9.17, 15) is 21.6 Å². The minimum absolute atomic E-state index is 0.0652. The molecule has 1 aliphatic carbocycles. The van der Waals surface area contributed by atoms with Crippen LogP contribution in [-0.4, -0.2) is 45.9 Å². The Kier molecular flexibility index (Phi) is 6.63. The van der Waals surface area contributed by atoms with E-state index in [1.54, 1.807) is 12.1 Å². The molecule has 2 aromatic carbocycles. The summed E-state index contributed by atoms with van der Waals surface area (Å²) in [5.74, 6) is -0.842. The normalized spacial score (nSPS) is 16.8. The maximum absolute atomic E-state index is 12.8. The number of fused-ring (bicyclic) bond motifs is 1. The van der Waals surface area contributed by atoms with Gasteiger partial charge in [0.15, 0.2) is 9.84 Å². The van der Waals surface area contributed by atoms with Gasteiger partial charge in [0.25, 0.3) is 0 Å². The van der Waals surface area contributed by atoms with Gasteiger partial charge in [-0.05, 0) is 73.6 Å². The first-order valence-electron chi connectivity index (χ1n) is 10.6. The van der Waals surface area contributed by atoms with E-state index in [4.69, 9.17) is 11.6 Å². The Hall–Kier alpha value is -1.94. The number of aryl methyl sites for hydroxylation is 2. The first kappa shape index (κ1) is 23.2. The van der Waals surface area contributed by atoms with Crippen molar-refractivity contribution in [2.24, 2.45) is 0 Å². The molecule has 172 valence electrons. The van der Waals surface area contributed by atoms with Gasteiger partial charge < -0.3 is 5.32 Å². The van der Waals surface area contributed by atoms with Crippen LogP contribution in [0.3, 0.4) is 0 Å². The molecule has 0 bridgehead atoms. The zero-order chi connectivity index (χ0) is 22.9. The fraction of sp³-hybridized carbons (Fsp3) is 0.409. The molecule has 0 aromatic heterocycles. The standard InChI is InChI=1S/C22H25ClN2O5S2/c23-20-9-7-18(15-21(20)32(29,30)25-11-1-2-12-25)24-22(26)10-13-31(27,28)19-8-6-16-4-3-5-17(16)14-19/h6-9,14-15H,1-5,10-13H2,(H,24,26). The van der Waals surface area contributed by atoms with E-state index in [0.717, 1.165) is 37.7 Å². The Balaban J connectivity index is 1.43. The fourth-order valence-electron chi connectivity index (χ4n) is 4.16. The highest BCUT2D eigenvalue weighted by Gasteiger charge is 2.29. The third-order valence-electron chi connectivity index (χ3n) is 5.92. The van der Waals surface area contributed by atoms with Crippen molar-refractivity contribution in [3.8, 4) is 0 Å². The van der Waals surface area contributed by atoms with Gasteiger partial charge in [-0.3, -0.25) is 4.79 Å². The third-order valence-corrected chi connectivity index (χ3v) is 10.0. The highest BCUT2D eigenvalue weighted by atomic mass is 35.5. The molecule has 1 N–H and O–H groups in total. The van der Waals surface area contributed by atoms with Crippen molar-refractivity contribution in [1.29, 1.82) is 0 Å². The van der Waals surface area contributed by atoms with E-state index in [1.807, 2.05) is 6.07 Å². The molecule has 1 amide bonds. The summed E-state index contributed by atoms with van der Waals surface area (Å²) in [6.07, 6.45) is 4.22. The van der Waals surface area contributed by atoms with Gasteiger partial charge in [0.1, 0.15) is 4.90 Å². The lowest BCUT2D eigenvalue weighted by molar-refractivity contribution is -0.115. The van der Waals surface area contributed by atoms with Crippen LogP contribution in [0.1, 0.15) is 36.8 Å². The van der Waals surface area contributed by atoms with E-state index < -0.39 is 25.8 Å². The second-order valence-corrected chi connectivity index (χ2v) is 12.6. The summed E-state index contributed by atoms with van der Waals surface area (Å²) in [7, 11) is -7.35. The predicted molar refractivity (Wildman–Crippen MR) is 123 cm³/mol. The lowest BCUT2D eigenvalue weighted by Gasteiger charge is -2.17. The highest BCUT2D eigenvalue weighted by molar-refractivity contribution is 7.91. The number of anilines is 1. The molecule has 0 saturated carbocycles. The van der Waals surface area contributed by atoms with Crippen molar-refractivity contribution in [3.63, 3.8) is 0 Å². The number of carbonyl (C=O) groups is 1. The lowest BCUT2D eigenvalue weighted by Crippen LogP contribution is -2.28. The average molecular weight is 497 g/mol. The van der Waals surface area contributed by atoms with Crippen LogP contribution in [0.25, 0.3) is 0 Å². The number of sulfone groups is 1. The summed E-state index contributed by atoms with van der Waals surface area (Å²) >= 11 is 6.13. The van der Waals surface area contributed by atoms with Crippen molar-refractivity contribution >= 4 is 43.1 Å². The van der Waals surface area contributed by atoms with Crippen LogP contribution in [0.15, 0.2) is 46.2 Å². The molecule has 1 heterocycles. The van der Waals surface area contributed by atoms with Gasteiger partial charge in [-0.1, -0.05) is 17.7 Å². The monoisotopic (exact) mass is 496 g/mol. The Bertz CT molecular complexity index is 1250. The maximum atomic E-state index is 12.8. The first-order chi connectivity index (χ1) is 15.2. The van der Waals surface area contributed by atoms with Crippen molar-refractivity contribution in [2.45, 2.75) is 48.3 Å². The van der Waals surface area contributed by atoms with Crippen LogP contribution < -0.4 is 5.32 Å². The van der Waals surface area contributed by atoms with E-state index in [0.29, 0.717) is 13.1 Å². The largest absolute Gasteiger partial charge is 0.326 e. The summed E-state index contributed by atoms with van der Waals surface area (Å²) in [5, 5.41) is 2.67. The number of halogens is 1. The Morgan fingerprint density at radius 3 is 2.41 bits per heavy atom.